The lowest BCUT2D eigenvalue weighted by molar-refractivity contribution is 0.0927. The number of carbonyl (C=O) groups excluding carboxylic acids is 1. The van der Waals surface area contributed by atoms with Gasteiger partial charge in [-0.15, -0.1) is 0 Å². The zero-order valence-corrected chi connectivity index (χ0v) is 11.9. The van der Waals surface area contributed by atoms with Crippen LogP contribution in [0.5, 0.6) is 0 Å². The zero-order valence-electron chi connectivity index (χ0n) is 11.9. The predicted octanol–water partition coefficient (Wildman–Crippen LogP) is 1.62. The van der Waals surface area contributed by atoms with Gasteiger partial charge in [0.05, 0.1) is 0 Å². The second-order valence-electron chi connectivity index (χ2n) is 5.50. The summed E-state index contributed by atoms with van der Waals surface area (Å²) >= 11 is 0. The topological polar surface area (TPSA) is 44.4 Å². The highest BCUT2D eigenvalue weighted by atomic mass is 16.1. The number of hydrogen-bond donors (Lipinski definition) is 2. The van der Waals surface area contributed by atoms with Crippen LogP contribution in [0.1, 0.15) is 30.1 Å². The SMILES string of the molecule is CC1CCC(NC(=O)c2ccc(N(C)C)cc2)CN1. The molecule has 0 aromatic heterocycles. The van der Waals surface area contributed by atoms with Crippen LogP contribution in [-0.2, 0) is 0 Å². The average Bonchev–Trinajstić information content (AvgIpc) is 2.41. The summed E-state index contributed by atoms with van der Waals surface area (Å²) < 4.78 is 0. The van der Waals surface area contributed by atoms with Crippen molar-refractivity contribution in [3.63, 3.8) is 0 Å². The lowest BCUT2D eigenvalue weighted by Crippen LogP contribution is -2.48. The fraction of sp³-hybridized carbons (Fsp3) is 0.533. The minimum atomic E-state index is 0.0201. The number of nitrogens with one attached hydrogen (secondary N) is 2. The number of anilines is 1. The van der Waals surface area contributed by atoms with Gasteiger partial charge in [0.1, 0.15) is 0 Å². The van der Waals surface area contributed by atoms with E-state index in [-0.39, 0.29) is 11.9 Å². The minimum absolute atomic E-state index is 0.0201. The van der Waals surface area contributed by atoms with Crippen molar-refractivity contribution in [2.75, 3.05) is 25.5 Å². The Balaban J connectivity index is 1.92. The van der Waals surface area contributed by atoms with E-state index in [0.717, 1.165) is 30.6 Å². The van der Waals surface area contributed by atoms with Crippen LogP contribution in [0, 0.1) is 0 Å². The highest BCUT2D eigenvalue weighted by Gasteiger charge is 2.19. The molecule has 1 aromatic rings. The van der Waals surface area contributed by atoms with Crippen LogP contribution in [0.4, 0.5) is 5.69 Å². The van der Waals surface area contributed by atoms with E-state index in [1.54, 1.807) is 0 Å². The molecule has 0 bridgehead atoms. The van der Waals surface area contributed by atoms with Gasteiger partial charge in [-0.25, -0.2) is 0 Å². The van der Waals surface area contributed by atoms with Gasteiger partial charge in [0.2, 0.25) is 0 Å². The van der Waals surface area contributed by atoms with Crippen molar-refractivity contribution in [1.82, 2.24) is 10.6 Å². The predicted molar refractivity (Wildman–Crippen MR) is 78.7 cm³/mol. The summed E-state index contributed by atoms with van der Waals surface area (Å²) in [6.07, 6.45) is 2.17. The third-order valence-corrected chi connectivity index (χ3v) is 3.64. The molecule has 4 nitrogen and oxygen atoms in total. The Labute approximate surface area is 115 Å². The summed E-state index contributed by atoms with van der Waals surface area (Å²) in [7, 11) is 3.98. The number of carbonyl (C=O) groups is 1. The fourth-order valence-corrected chi connectivity index (χ4v) is 2.30. The first-order valence-electron chi connectivity index (χ1n) is 6.88. The van der Waals surface area contributed by atoms with Gasteiger partial charge in [-0.2, -0.15) is 0 Å². The van der Waals surface area contributed by atoms with Crippen LogP contribution in [0.15, 0.2) is 24.3 Å². The number of hydrogen-bond acceptors (Lipinski definition) is 3. The molecule has 1 aromatic carbocycles. The Kier molecular flexibility index (Phi) is 4.43. The standard InChI is InChI=1S/C15H23N3O/c1-11-4-7-13(10-16-11)17-15(19)12-5-8-14(9-6-12)18(2)3/h5-6,8-9,11,13,16H,4,7,10H2,1-3H3,(H,17,19). The van der Waals surface area contributed by atoms with E-state index in [9.17, 15) is 4.79 Å². The van der Waals surface area contributed by atoms with Crippen molar-refractivity contribution < 1.29 is 4.79 Å². The van der Waals surface area contributed by atoms with Crippen molar-refractivity contribution in [1.29, 1.82) is 0 Å². The molecule has 1 amide bonds. The second-order valence-corrected chi connectivity index (χ2v) is 5.50. The maximum absolute atomic E-state index is 12.1. The van der Waals surface area contributed by atoms with Gasteiger partial charge in [-0.3, -0.25) is 4.79 Å². The molecule has 2 rings (SSSR count). The highest BCUT2D eigenvalue weighted by molar-refractivity contribution is 5.94. The fourth-order valence-electron chi connectivity index (χ4n) is 2.30. The van der Waals surface area contributed by atoms with E-state index >= 15 is 0 Å². The number of benzene rings is 1. The maximum atomic E-state index is 12.1. The van der Waals surface area contributed by atoms with Crippen LogP contribution in [-0.4, -0.2) is 38.6 Å². The van der Waals surface area contributed by atoms with Crippen LogP contribution in [0.3, 0.4) is 0 Å². The number of rotatable bonds is 3. The molecule has 1 aliphatic rings. The highest BCUT2D eigenvalue weighted by Crippen LogP contribution is 2.13. The third-order valence-electron chi connectivity index (χ3n) is 3.64. The van der Waals surface area contributed by atoms with E-state index in [1.807, 2.05) is 43.3 Å². The summed E-state index contributed by atoms with van der Waals surface area (Å²) in [4.78, 5) is 14.1. The normalized spacial score (nSPS) is 22.9. The summed E-state index contributed by atoms with van der Waals surface area (Å²) in [5.74, 6) is 0.0201. The van der Waals surface area contributed by atoms with Crippen LogP contribution >= 0.6 is 0 Å². The number of amides is 1. The van der Waals surface area contributed by atoms with Crippen molar-refractivity contribution in [2.24, 2.45) is 0 Å². The zero-order chi connectivity index (χ0) is 13.8. The molecule has 0 aliphatic carbocycles. The van der Waals surface area contributed by atoms with E-state index in [4.69, 9.17) is 0 Å². The first kappa shape index (κ1) is 13.9. The van der Waals surface area contributed by atoms with Crippen LogP contribution < -0.4 is 15.5 Å². The first-order valence-corrected chi connectivity index (χ1v) is 6.88. The Hall–Kier alpha value is -1.55. The largest absolute Gasteiger partial charge is 0.378 e. The van der Waals surface area contributed by atoms with Gasteiger partial charge in [0.25, 0.3) is 5.91 Å². The molecule has 1 aliphatic heterocycles. The molecule has 2 atom stereocenters. The number of piperidine rings is 1. The molecule has 1 saturated heterocycles. The Morgan fingerprint density at radius 3 is 2.47 bits per heavy atom. The smallest absolute Gasteiger partial charge is 0.251 e. The third kappa shape index (κ3) is 3.70. The van der Waals surface area contributed by atoms with E-state index in [0.29, 0.717) is 6.04 Å². The molecule has 2 unspecified atom stereocenters. The molecule has 19 heavy (non-hydrogen) atoms. The molecular weight excluding hydrogens is 238 g/mol. The molecule has 1 heterocycles. The Bertz CT molecular complexity index is 420. The molecule has 104 valence electrons. The van der Waals surface area contributed by atoms with Crippen molar-refractivity contribution in [3.8, 4) is 0 Å². The molecule has 0 radical (unpaired) electrons. The molecule has 0 spiro atoms. The lowest BCUT2D eigenvalue weighted by Gasteiger charge is -2.28. The van der Waals surface area contributed by atoms with Gasteiger partial charge in [-0.05, 0) is 44.0 Å². The summed E-state index contributed by atoms with van der Waals surface area (Å²) in [6.45, 7) is 3.04. The Morgan fingerprint density at radius 2 is 1.95 bits per heavy atom. The lowest BCUT2D eigenvalue weighted by atomic mass is 10.0. The molecule has 4 heteroatoms. The quantitative estimate of drug-likeness (QED) is 0.869. The Morgan fingerprint density at radius 1 is 1.26 bits per heavy atom. The summed E-state index contributed by atoms with van der Waals surface area (Å²) in [5, 5.41) is 6.48. The molecule has 1 fully saturated rings. The van der Waals surface area contributed by atoms with Crippen molar-refractivity contribution in [2.45, 2.75) is 31.8 Å². The number of nitrogens with zero attached hydrogens (tertiary/aromatic N) is 1. The van der Waals surface area contributed by atoms with E-state index in [1.165, 1.54) is 0 Å². The molecule has 0 saturated carbocycles. The average molecular weight is 261 g/mol. The van der Waals surface area contributed by atoms with Crippen molar-refractivity contribution in [3.05, 3.63) is 29.8 Å². The van der Waals surface area contributed by atoms with Gasteiger partial charge in [0, 0.05) is 44.0 Å². The van der Waals surface area contributed by atoms with Crippen molar-refractivity contribution >= 4 is 11.6 Å². The van der Waals surface area contributed by atoms with E-state index < -0.39 is 0 Å². The maximum Gasteiger partial charge on any atom is 0.251 e. The van der Waals surface area contributed by atoms with Gasteiger partial charge in [0.15, 0.2) is 0 Å². The van der Waals surface area contributed by atoms with Gasteiger partial charge >= 0.3 is 0 Å². The first-order chi connectivity index (χ1) is 9.06. The van der Waals surface area contributed by atoms with Gasteiger partial charge < -0.3 is 15.5 Å². The summed E-state index contributed by atoms with van der Waals surface area (Å²) in [5.41, 5.74) is 1.83. The second kappa shape index (κ2) is 6.06. The van der Waals surface area contributed by atoms with Crippen LogP contribution in [0.2, 0.25) is 0 Å². The van der Waals surface area contributed by atoms with Crippen LogP contribution in [0.25, 0.3) is 0 Å². The van der Waals surface area contributed by atoms with Gasteiger partial charge in [-0.1, -0.05) is 0 Å². The molecule has 2 N–H and O–H groups in total. The minimum Gasteiger partial charge on any atom is -0.378 e. The molecular formula is C15H23N3O. The van der Waals surface area contributed by atoms with E-state index in [2.05, 4.69) is 17.6 Å². The summed E-state index contributed by atoms with van der Waals surface area (Å²) in [6, 6.07) is 8.50. The monoisotopic (exact) mass is 261 g/mol.